The quantitative estimate of drug-likeness (QED) is 0.0465. The Morgan fingerprint density at radius 3 is 1.96 bits per heavy atom. The molecular weight excluding hydrogens is 614 g/mol. The van der Waals surface area contributed by atoms with Crippen molar-refractivity contribution >= 4 is 24.1 Å². The number of hydrogen-bond acceptors (Lipinski definition) is 11. The van der Waals surface area contributed by atoms with E-state index in [1.807, 2.05) is 7.05 Å². The van der Waals surface area contributed by atoms with Gasteiger partial charge in [-0.1, -0.05) is 38.5 Å². The number of hydrogen-bond donors (Lipinski definition) is 7. The van der Waals surface area contributed by atoms with Gasteiger partial charge in [-0.15, -0.1) is 0 Å². The fourth-order valence-corrected chi connectivity index (χ4v) is 4.42. The van der Waals surface area contributed by atoms with Crippen molar-refractivity contribution in [2.75, 3.05) is 66.8 Å². The highest BCUT2D eigenvalue weighted by Crippen LogP contribution is 2.15. The first kappa shape index (κ1) is 46.9. The van der Waals surface area contributed by atoms with Gasteiger partial charge < -0.3 is 55.4 Å². The molecule has 0 aliphatic carbocycles. The molecule has 3 atom stereocenters. The largest absolute Gasteiger partial charge is 0.481 e. The van der Waals surface area contributed by atoms with Gasteiger partial charge in [0, 0.05) is 65.6 Å². The van der Waals surface area contributed by atoms with Crippen LogP contribution < -0.4 is 16.0 Å². The van der Waals surface area contributed by atoms with E-state index in [1.54, 1.807) is 0 Å². The summed E-state index contributed by atoms with van der Waals surface area (Å²) in [5.41, 5.74) is 0. The summed E-state index contributed by atoms with van der Waals surface area (Å²) in [6.07, 6.45) is 11.9. The molecule has 1 heterocycles. The number of carboxylic acids is 1. The van der Waals surface area contributed by atoms with Crippen LogP contribution in [0.25, 0.3) is 0 Å². The number of rotatable bonds is 28. The lowest BCUT2D eigenvalue weighted by molar-refractivity contribution is -0.154. The summed E-state index contributed by atoms with van der Waals surface area (Å²) in [7, 11) is 2.85. The molecule has 7 N–H and O–H groups in total. The Balaban J connectivity index is 0. The second kappa shape index (κ2) is 36.6. The Morgan fingerprint density at radius 2 is 1.34 bits per heavy atom. The van der Waals surface area contributed by atoms with Crippen molar-refractivity contribution in [3.05, 3.63) is 0 Å². The Labute approximate surface area is 281 Å². The molecule has 2 amide bonds. The number of likely N-dealkylation sites (N-methyl/N-ethyl adjacent to an activating group) is 1. The van der Waals surface area contributed by atoms with Crippen LogP contribution in [0.2, 0.25) is 0 Å². The summed E-state index contributed by atoms with van der Waals surface area (Å²) in [6, 6.07) is 0. The monoisotopic (exact) mass is 679 g/mol. The topological polar surface area (TPSA) is 213 Å². The molecule has 47 heavy (non-hydrogen) atoms. The third kappa shape index (κ3) is 33.5. The van der Waals surface area contributed by atoms with Crippen LogP contribution in [0.3, 0.4) is 0 Å². The van der Waals surface area contributed by atoms with E-state index in [-0.39, 0.29) is 18.4 Å². The van der Waals surface area contributed by atoms with E-state index >= 15 is 0 Å². The first-order valence-corrected chi connectivity index (χ1v) is 17.2. The third-order valence-corrected chi connectivity index (χ3v) is 7.18. The molecule has 1 fully saturated rings. The SMILES string of the molecule is CNCCOCCC(=O)NCCCNC(=O)CCCCOCC1OCCC(O)C1O.CO.O=CCCCCCCCCCCC(=O)O. The number of carbonyl (C=O) groups is 4. The summed E-state index contributed by atoms with van der Waals surface area (Å²) in [4.78, 5) is 43.6. The Bertz CT molecular complexity index is 747. The van der Waals surface area contributed by atoms with E-state index in [9.17, 15) is 29.4 Å². The maximum Gasteiger partial charge on any atom is 0.303 e. The molecule has 1 aliphatic heterocycles. The molecule has 0 bridgehead atoms. The van der Waals surface area contributed by atoms with Crippen LogP contribution in [-0.2, 0) is 33.4 Å². The van der Waals surface area contributed by atoms with E-state index in [1.165, 1.54) is 19.3 Å². The van der Waals surface area contributed by atoms with Crippen LogP contribution >= 0.6 is 0 Å². The lowest BCUT2D eigenvalue weighted by Gasteiger charge is -2.31. The predicted octanol–water partition coefficient (Wildman–Crippen LogP) is 1.71. The van der Waals surface area contributed by atoms with Crippen molar-refractivity contribution in [1.82, 2.24) is 16.0 Å². The first-order chi connectivity index (χ1) is 22.8. The molecule has 14 nitrogen and oxygen atoms in total. The Hall–Kier alpha value is -2.20. The van der Waals surface area contributed by atoms with Crippen molar-refractivity contribution in [2.24, 2.45) is 0 Å². The van der Waals surface area contributed by atoms with E-state index in [0.717, 1.165) is 58.5 Å². The molecule has 0 aromatic heterocycles. The van der Waals surface area contributed by atoms with Crippen LogP contribution in [0.5, 0.6) is 0 Å². The molecule has 0 spiro atoms. The van der Waals surface area contributed by atoms with Gasteiger partial charge in [0.2, 0.25) is 11.8 Å². The minimum atomic E-state index is -0.911. The van der Waals surface area contributed by atoms with Gasteiger partial charge >= 0.3 is 5.97 Å². The van der Waals surface area contributed by atoms with E-state index in [4.69, 9.17) is 24.4 Å². The fourth-order valence-electron chi connectivity index (χ4n) is 4.42. The summed E-state index contributed by atoms with van der Waals surface area (Å²) in [5, 5.41) is 43.4. The summed E-state index contributed by atoms with van der Waals surface area (Å²) in [5.74, 6) is -0.760. The van der Waals surface area contributed by atoms with Gasteiger partial charge in [0.05, 0.1) is 25.9 Å². The highest BCUT2D eigenvalue weighted by atomic mass is 16.5. The standard InChI is InChI=1S/C20H39N3O7.C12H22O3.CH4O/c1-21-10-14-28-12-7-19(26)23-9-4-8-22-18(25)5-2-3-11-29-15-17-20(27)16(24)6-13-30-17;13-11-9-7-5-3-1-2-4-6-8-10-12(14)15;1-2/h16-17,20-21,24,27H,2-15H2,1H3,(H,22,25)(H,23,26);11H,1-10H2,(H,14,15);2H,1H3. The van der Waals surface area contributed by atoms with Gasteiger partial charge in [0.25, 0.3) is 0 Å². The molecule has 0 aromatic carbocycles. The molecule has 0 saturated carbocycles. The zero-order valence-electron chi connectivity index (χ0n) is 28.9. The number of nitrogens with one attached hydrogen (secondary N) is 3. The van der Waals surface area contributed by atoms with Crippen LogP contribution in [0.15, 0.2) is 0 Å². The predicted molar refractivity (Wildman–Crippen MR) is 179 cm³/mol. The van der Waals surface area contributed by atoms with Crippen molar-refractivity contribution < 1.29 is 53.8 Å². The Morgan fingerprint density at radius 1 is 0.745 bits per heavy atom. The molecule has 14 heteroatoms. The summed E-state index contributed by atoms with van der Waals surface area (Å²) in [6.45, 7) is 3.92. The molecule has 1 saturated heterocycles. The zero-order chi connectivity index (χ0) is 35.4. The minimum Gasteiger partial charge on any atom is -0.481 e. The number of ether oxygens (including phenoxy) is 3. The molecule has 1 rings (SSSR count). The van der Waals surface area contributed by atoms with Crippen molar-refractivity contribution in [1.29, 1.82) is 0 Å². The number of carboxylic acid groups (broad SMARTS) is 1. The van der Waals surface area contributed by atoms with Gasteiger partial charge in [-0.2, -0.15) is 0 Å². The molecule has 1 aliphatic rings. The molecular formula is C33H65N3O11. The number of aliphatic carboxylic acids is 1. The van der Waals surface area contributed by atoms with Crippen LogP contribution in [-0.4, -0.2) is 130 Å². The van der Waals surface area contributed by atoms with Crippen LogP contribution in [0.4, 0.5) is 0 Å². The molecule has 0 radical (unpaired) electrons. The average Bonchev–Trinajstić information content (AvgIpc) is 3.06. The van der Waals surface area contributed by atoms with Crippen molar-refractivity contribution in [3.63, 3.8) is 0 Å². The van der Waals surface area contributed by atoms with E-state index in [2.05, 4.69) is 16.0 Å². The molecule has 3 unspecified atom stereocenters. The van der Waals surface area contributed by atoms with E-state index in [0.29, 0.717) is 84.5 Å². The second-order valence-electron chi connectivity index (χ2n) is 11.2. The number of carbonyl (C=O) groups excluding carboxylic acids is 3. The smallest absolute Gasteiger partial charge is 0.303 e. The zero-order valence-corrected chi connectivity index (χ0v) is 28.9. The lowest BCUT2D eigenvalue weighted by atomic mass is 10.0. The van der Waals surface area contributed by atoms with Crippen LogP contribution in [0.1, 0.15) is 103 Å². The maximum atomic E-state index is 11.8. The highest BCUT2D eigenvalue weighted by molar-refractivity contribution is 5.76. The summed E-state index contributed by atoms with van der Waals surface area (Å²) < 4.78 is 16.1. The van der Waals surface area contributed by atoms with E-state index < -0.39 is 24.3 Å². The van der Waals surface area contributed by atoms with Gasteiger partial charge in [0.1, 0.15) is 18.5 Å². The van der Waals surface area contributed by atoms with Gasteiger partial charge in [-0.3, -0.25) is 14.4 Å². The first-order valence-electron chi connectivity index (χ1n) is 17.2. The minimum absolute atomic E-state index is 0.0200. The fraction of sp³-hybridized carbons (Fsp3) is 0.879. The lowest BCUT2D eigenvalue weighted by Crippen LogP contribution is -2.46. The van der Waals surface area contributed by atoms with Crippen LogP contribution in [0, 0.1) is 0 Å². The number of aliphatic hydroxyl groups is 3. The van der Waals surface area contributed by atoms with Crippen molar-refractivity contribution in [3.8, 4) is 0 Å². The number of unbranched alkanes of at least 4 members (excludes halogenated alkanes) is 9. The average molecular weight is 680 g/mol. The van der Waals surface area contributed by atoms with Gasteiger partial charge in [-0.25, -0.2) is 0 Å². The molecule has 278 valence electrons. The van der Waals surface area contributed by atoms with Gasteiger partial charge in [0.15, 0.2) is 0 Å². The van der Waals surface area contributed by atoms with Gasteiger partial charge in [-0.05, 0) is 45.6 Å². The second-order valence-corrected chi connectivity index (χ2v) is 11.2. The Kier molecular flexibility index (Phi) is 36.6. The number of amides is 2. The van der Waals surface area contributed by atoms with Crippen molar-refractivity contribution in [2.45, 2.75) is 121 Å². The highest BCUT2D eigenvalue weighted by Gasteiger charge is 2.31. The molecule has 0 aromatic rings. The number of aliphatic hydroxyl groups excluding tert-OH is 3. The number of aldehydes is 1. The normalized spacial score (nSPS) is 17.0. The maximum absolute atomic E-state index is 11.8. The third-order valence-electron chi connectivity index (χ3n) is 7.18. The summed E-state index contributed by atoms with van der Waals surface area (Å²) >= 11 is 0.